The maximum atomic E-state index is 11.9. The number of hydrogen-bond donors (Lipinski definition) is 2. The fourth-order valence-electron chi connectivity index (χ4n) is 1.75. The van der Waals surface area contributed by atoms with Gasteiger partial charge in [0.2, 0.25) is 5.91 Å². The number of para-hydroxylation sites is 2. The second-order valence-corrected chi connectivity index (χ2v) is 5.07. The summed E-state index contributed by atoms with van der Waals surface area (Å²) < 4.78 is 5.20. The fourth-order valence-corrected chi connectivity index (χ4v) is 2.21. The first kappa shape index (κ1) is 15.5. The Bertz CT molecular complexity index is 647. The van der Waals surface area contributed by atoms with Gasteiger partial charge < -0.3 is 15.4 Å². The monoisotopic (exact) mass is 324 g/mol. The van der Waals surface area contributed by atoms with E-state index in [1.54, 1.807) is 25.3 Å². The molecule has 1 amide bonds. The zero-order chi connectivity index (χ0) is 15.2. The number of hydrogen-bond acceptors (Lipinski definition) is 3. The van der Waals surface area contributed by atoms with Gasteiger partial charge in [0.15, 0.2) is 0 Å². The van der Waals surface area contributed by atoms with Crippen molar-refractivity contribution in [3.8, 4) is 5.75 Å². The lowest BCUT2D eigenvalue weighted by Gasteiger charge is -2.11. The molecule has 2 rings (SSSR count). The first-order valence-corrected chi connectivity index (χ1v) is 6.97. The smallest absolute Gasteiger partial charge is 0.243 e. The lowest BCUT2D eigenvalue weighted by Crippen LogP contribution is -2.22. The normalized spacial score (nSPS) is 10.0. The zero-order valence-corrected chi connectivity index (χ0v) is 12.8. The minimum Gasteiger partial charge on any atom is -0.495 e. The van der Waals surface area contributed by atoms with Crippen LogP contribution in [0.25, 0.3) is 0 Å². The van der Waals surface area contributed by atoms with E-state index in [0.717, 1.165) is 5.69 Å². The summed E-state index contributed by atoms with van der Waals surface area (Å²) in [5, 5.41) is 6.64. The SMILES string of the molecule is COc1ccccc1NCC(=O)Nc1ccc(Cl)cc1Cl. The maximum Gasteiger partial charge on any atom is 0.243 e. The number of carbonyl (C=O) groups is 1. The molecular weight excluding hydrogens is 311 g/mol. The number of amides is 1. The van der Waals surface area contributed by atoms with Crippen molar-refractivity contribution >= 4 is 40.5 Å². The number of methoxy groups -OCH3 is 1. The van der Waals surface area contributed by atoms with Gasteiger partial charge >= 0.3 is 0 Å². The lowest BCUT2D eigenvalue weighted by molar-refractivity contribution is -0.114. The van der Waals surface area contributed by atoms with Crippen LogP contribution in [0.3, 0.4) is 0 Å². The predicted octanol–water partition coefficient (Wildman–Crippen LogP) is 4.05. The number of ether oxygens (including phenoxy) is 1. The van der Waals surface area contributed by atoms with Gasteiger partial charge in [0.05, 0.1) is 30.1 Å². The van der Waals surface area contributed by atoms with E-state index in [2.05, 4.69) is 10.6 Å². The van der Waals surface area contributed by atoms with Crippen molar-refractivity contribution in [1.29, 1.82) is 0 Å². The van der Waals surface area contributed by atoms with Gasteiger partial charge in [0.25, 0.3) is 0 Å². The Hall–Kier alpha value is -1.91. The molecule has 6 heteroatoms. The number of anilines is 2. The highest BCUT2D eigenvalue weighted by Gasteiger charge is 2.07. The molecule has 0 aliphatic carbocycles. The van der Waals surface area contributed by atoms with E-state index >= 15 is 0 Å². The molecule has 0 spiro atoms. The Morgan fingerprint density at radius 3 is 2.62 bits per heavy atom. The van der Waals surface area contributed by atoms with Gasteiger partial charge in [-0.2, -0.15) is 0 Å². The minimum absolute atomic E-state index is 0.0966. The van der Waals surface area contributed by atoms with Crippen LogP contribution < -0.4 is 15.4 Å². The Balaban J connectivity index is 1.96. The van der Waals surface area contributed by atoms with Crippen LogP contribution in [-0.4, -0.2) is 19.6 Å². The summed E-state index contributed by atoms with van der Waals surface area (Å²) in [7, 11) is 1.58. The van der Waals surface area contributed by atoms with Crippen LogP contribution in [0.1, 0.15) is 0 Å². The van der Waals surface area contributed by atoms with E-state index in [0.29, 0.717) is 21.5 Å². The van der Waals surface area contributed by atoms with Crippen molar-refractivity contribution < 1.29 is 9.53 Å². The number of rotatable bonds is 5. The maximum absolute atomic E-state index is 11.9. The van der Waals surface area contributed by atoms with Crippen molar-refractivity contribution in [1.82, 2.24) is 0 Å². The van der Waals surface area contributed by atoms with Gasteiger partial charge in [-0.1, -0.05) is 35.3 Å². The van der Waals surface area contributed by atoms with Gasteiger partial charge in [-0.05, 0) is 30.3 Å². The quantitative estimate of drug-likeness (QED) is 0.872. The minimum atomic E-state index is -0.217. The highest BCUT2D eigenvalue weighted by molar-refractivity contribution is 6.36. The molecule has 0 heterocycles. The van der Waals surface area contributed by atoms with E-state index in [9.17, 15) is 4.79 Å². The molecule has 0 saturated carbocycles. The van der Waals surface area contributed by atoms with Gasteiger partial charge in [0, 0.05) is 5.02 Å². The highest BCUT2D eigenvalue weighted by atomic mass is 35.5. The average Bonchev–Trinajstić information content (AvgIpc) is 2.48. The van der Waals surface area contributed by atoms with Crippen molar-refractivity contribution in [2.24, 2.45) is 0 Å². The van der Waals surface area contributed by atoms with Crippen molar-refractivity contribution in [3.63, 3.8) is 0 Å². The molecule has 4 nitrogen and oxygen atoms in total. The van der Waals surface area contributed by atoms with Crippen molar-refractivity contribution in [3.05, 3.63) is 52.5 Å². The summed E-state index contributed by atoms with van der Waals surface area (Å²) in [6.45, 7) is 0.0966. The molecule has 0 radical (unpaired) electrons. The predicted molar refractivity (Wildman–Crippen MR) is 86.6 cm³/mol. The third kappa shape index (κ3) is 4.28. The first-order valence-electron chi connectivity index (χ1n) is 6.22. The van der Waals surface area contributed by atoms with Crippen LogP contribution in [0.2, 0.25) is 10.0 Å². The highest BCUT2D eigenvalue weighted by Crippen LogP contribution is 2.25. The number of halogens is 2. The van der Waals surface area contributed by atoms with E-state index in [4.69, 9.17) is 27.9 Å². The Labute approximate surface area is 133 Å². The van der Waals surface area contributed by atoms with Gasteiger partial charge in [0.1, 0.15) is 5.75 Å². The lowest BCUT2D eigenvalue weighted by atomic mass is 10.3. The largest absolute Gasteiger partial charge is 0.495 e. The van der Waals surface area contributed by atoms with Crippen LogP contribution >= 0.6 is 23.2 Å². The molecule has 21 heavy (non-hydrogen) atoms. The first-order chi connectivity index (χ1) is 10.1. The summed E-state index contributed by atoms with van der Waals surface area (Å²) in [6.07, 6.45) is 0. The molecular formula is C15H14Cl2N2O2. The summed E-state index contributed by atoms with van der Waals surface area (Å²) in [5.74, 6) is 0.458. The third-order valence-corrected chi connectivity index (χ3v) is 3.30. The molecule has 2 aromatic carbocycles. The van der Waals surface area contributed by atoms with Crippen molar-refractivity contribution in [2.45, 2.75) is 0 Å². The number of nitrogens with one attached hydrogen (secondary N) is 2. The molecule has 2 aromatic rings. The molecule has 0 aliphatic heterocycles. The Morgan fingerprint density at radius 1 is 1.14 bits per heavy atom. The molecule has 0 aromatic heterocycles. The van der Waals surface area contributed by atoms with Crippen LogP contribution in [0, 0.1) is 0 Å². The second kappa shape index (κ2) is 7.20. The summed E-state index contributed by atoms with van der Waals surface area (Å²) >= 11 is 11.8. The standard InChI is InChI=1S/C15H14Cl2N2O2/c1-21-14-5-3-2-4-13(14)18-9-15(20)19-12-7-6-10(16)8-11(12)17/h2-8,18H,9H2,1H3,(H,19,20). The van der Waals surface area contributed by atoms with Crippen molar-refractivity contribution in [2.75, 3.05) is 24.3 Å². The molecule has 110 valence electrons. The average molecular weight is 325 g/mol. The second-order valence-electron chi connectivity index (χ2n) is 4.23. The van der Waals surface area contributed by atoms with E-state index in [1.807, 2.05) is 24.3 Å². The van der Waals surface area contributed by atoms with Gasteiger partial charge in [-0.3, -0.25) is 4.79 Å². The molecule has 0 aliphatic rings. The topological polar surface area (TPSA) is 50.4 Å². The molecule has 0 atom stereocenters. The molecule has 0 bridgehead atoms. The van der Waals surface area contributed by atoms with E-state index in [1.165, 1.54) is 0 Å². The Morgan fingerprint density at radius 2 is 1.90 bits per heavy atom. The van der Waals surface area contributed by atoms with E-state index < -0.39 is 0 Å². The summed E-state index contributed by atoms with van der Waals surface area (Å²) in [5.41, 5.74) is 1.27. The third-order valence-electron chi connectivity index (χ3n) is 2.75. The number of benzene rings is 2. The van der Waals surface area contributed by atoms with Crippen LogP contribution in [0.4, 0.5) is 11.4 Å². The van der Waals surface area contributed by atoms with Crippen LogP contribution in [0.5, 0.6) is 5.75 Å². The van der Waals surface area contributed by atoms with E-state index in [-0.39, 0.29) is 12.5 Å². The number of carbonyl (C=O) groups excluding carboxylic acids is 1. The molecule has 0 unspecified atom stereocenters. The summed E-state index contributed by atoms with van der Waals surface area (Å²) in [4.78, 5) is 11.9. The summed E-state index contributed by atoms with van der Waals surface area (Å²) in [6, 6.07) is 12.3. The molecule has 0 saturated heterocycles. The van der Waals surface area contributed by atoms with Gasteiger partial charge in [-0.25, -0.2) is 0 Å². The zero-order valence-electron chi connectivity index (χ0n) is 11.3. The van der Waals surface area contributed by atoms with Crippen LogP contribution in [0.15, 0.2) is 42.5 Å². The fraction of sp³-hybridized carbons (Fsp3) is 0.133. The molecule has 0 fully saturated rings. The molecule has 2 N–H and O–H groups in total. The van der Waals surface area contributed by atoms with Gasteiger partial charge in [-0.15, -0.1) is 0 Å². The van der Waals surface area contributed by atoms with Crippen LogP contribution in [-0.2, 0) is 4.79 Å². The Kier molecular flexibility index (Phi) is 5.31.